The molecule has 2 heterocycles. The van der Waals surface area contributed by atoms with Crippen molar-refractivity contribution in [1.29, 1.82) is 0 Å². The maximum atomic E-state index is 12.9. The van der Waals surface area contributed by atoms with Crippen LogP contribution in [0, 0.1) is 11.8 Å². The van der Waals surface area contributed by atoms with Gasteiger partial charge in [0.05, 0.1) is 51.1 Å². The molecule has 0 saturated carbocycles. The third kappa shape index (κ3) is 12.4. The number of ether oxygens (including phenoxy) is 2. The SMILES string of the molecule is CCCN(Cc1ncc(-c2ccc(C#Cc3ccc(-c4cnc(CN(CCN(C)C(=O)NC)C(=O)CNC(=O)OC)[nH]4)cc3)cc2)[nH]1)C(=O)CNC(=O)OC. The van der Waals surface area contributed by atoms with E-state index in [1.165, 1.54) is 31.1 Å². The van der Waals surface area contributed by atoms with Crippen LogP contribution < -0.4 is 16.0 Å². The lowest BCUT2D eigenvalue weighted by molar-refractivity contribution is -0.131. The highest BCUT2D eigenvalue weighted by atomic mass is 16.5. The Morgan fingerprint density at radius 3 is 1.53 bits per heavy atom. The average Bonchev–Trinajstić information content (AvgIpc) is 3.89. The highest BCUT2D eigenvalue weighted by Gasteiger charge is 2.19. The molecule has 17 nitrogen and oxygen atoms in total. The van der Waals surface area contributed by atoms with Gasteiger partial charge < -0.3 is 50.1 Å². The maximum absolute atomic E-state index is 12.9. The first kappa shape index (κ1) is 40.9. The van der Waals surface area contributed by atoms with Crippen molar-refractivity contribution in [3.63, 3.8) is 0 Å². The Morgan fingerprint density at radius 1 is 0.691 bits per heavy atom. The van der Waals surface area contributed by atoms with Gasteiger partial charge in [0.1, 0.15) is 24.7 Å². The first-order chi connectivity index (χ1) is 26.5. The molecule has 6 amide bonds. The van der Waals surface area contributed by atoms with Crippen LogP contribution in [0.15, 0.2) is 60.9 Å². The van der Waals surface area contributed by atoms with Crippen molar-refractivity contribution in [3.8, 4) is 34.4 Å². The van der Waals surface area contributed by atoms with Gasteiger partial charge in [-0.05, 0) is 41.8 Å². The molecule has 4 aromatic rings. The van der Waals surface area contributed by atoms with Gasteiger partial charge in [0.15, 0.2) is 0 Å². The summed E-state index contributed by atoms with van der Waals surface area (Å²) in [5, 5.41) is 7.35. The zero-order valence-corrected chi connectivity index (χ0v) is 31.5. The van der Waals surface area contributed by atoms with E-state index >= 15 is 0 Å². The Labute approximate surface area is 319 Å². The molecular formula is C38H46N10O7. The molecule has 0 aliphatic carbocycles. The number of carbonyl (C=O) groups is 5. The van der Waals surface area contributed by atoms with Crippen molar-refractivity contribution in [2.45, 2.75) is 26.4 Å². The van der Waals surface area contributed by atoms with E-state index in [9.17, 15) is 24.0 Å². The number of methoxy groups -OCH3 is 2. The molecule has 0 bridgehead atoms. The molecule has 55 heavy (non-hydrogen) atoms. The second-order valence-electron chi connectivity index (χ2n) is 12.2. The number of nitrogens with one attached hydrogen (secondary N) is 5. The number of H-pyrrole nitrogens is 2. The van der Waals surface area contributed by atoms with Gasteiger partial charge in [-0.3, -0.25) is 9.59 Å². The Kier molecular flexibility index (Phi) is 15.2. The summed E-state index contributed by atoms with van der Waals surface area (Å²) in [6.07, 6.45) is 2.76. The van der Waals surface area contributed by atoms with Crippen LogP contribution in [0.3, 0.4) is 0 Å². The largest absolute Gasteiger partial charge is 0.453 e. The quantitative estimate of drug-likeness (QED) is 0.113. The number of carbonyl (C=O) groups excluding carboxylic acids is 5. The third-order valence-corrected chi connectivity index (χ3v) is 8.28. The van der Waals surface area contributed by atoms with Crippen molar-refractivity contribution in [1.82, 2.24) is 50.6 Å². The van der Waals surface area contributed by atoms with E-state index in [0.29, 0.717) is 18.2 Å². The van der Waals surface area contributed by atoms with Gasteiger partial charge in [0.2, 0.25) is 11.8 Å². The van der Waals surface area contributed by atoms with Crippen LogP contribution in [0.1, 0.15) is 36.1 Å². The van der Waals surface area contributed by atoms with Crippen LogP contribution in [0.4, 0.5) is 14.4 Å². The maximum Gasteiger partial charge on any atom is 0.407 e. The molecule has 0 unspecified atom stereocenters. The fourth-order valence-corrected chi connectivity index (χ4v) is 5.23. The van der Waals surface area contributed by atoms with Crippen LogP contribution in [-0.4, -0.2) is 126 Å². The van der Waals surface area contributed by atoms with E-state index in [2.05, 4.69) is 57.2 Å². The van der Waals surface area contributed by atoms with Crippen molar-refractivity contribution in [3.05, 3.63) is 83.7 Å². The number of benzene rings is 2. The molecule has 0 radical (unpaired) electrons. The normalized spacial score (nSPS) is 10.3. The van der Waals surface area contributed by atoms with Gasteiger partial charge in [-0.1, -0.05) is 43.0 Å². The fourth-order valence-electron chi connectivity index (χ4n) is 5.23. The smallest absolute Gasteiger partial charge is 0.407 e. The summed E-state index contributed by atoms with van der Waals surface area (Å²) >= 11 is 0. The number of rotatable bonds is 15. The number of alkyl carbamates (subject to hydrolysis) is 2. The van der Waals surface area contributed by atoms with Gasteiger partial charge >= 0.3 is 18.2 Å². The van der Waals surface area contributed by atoms with E-state index in [1.54, 1.807) is 24.3 Å². The summed E-state index contributed by atoms with van der Waals surface area (Å²) in [4.78, 5) is 80.4. The molecular weight excluding hydrogens is 708 g/mol. The average molecular weight is 755 g/mol. The van der Waals surface area contributed by atoms with Crippen LogP contribution in [-0.2, 0) is 32.2 Å². The molecule has 0 saturated heterocycles. The van der Waals surface area contributed by atoms with Crippen LogP contribution in [0.5, 0.6) is 0 Å². The first-order valence-corrected chi connectivity index (χ1v) is 17.5. The Balaban J connectivity index is 1.36. The monoisotopic (exact) mass is 754 g/mol. The highest BCUT2D eigenvalue weighted by molar-refractivity contribution is 5.83. The van der Waals surface area contributed by atoms with Crippen LogP contribution >= 0.6 is 0 Å². The fraction of sp³-hybridized carbons (Fsp3) is 0.342. The Bertz CT molecular complexity index is 1980. The predicted octanol–water partition coefficient (Wildman–Crippen LogP) is 2.92. The lowest BCUT2D eigenvalue weighted by atomic mass is 10.1. The molecule has 0 aliphatic rings. The first-order valence-electron chi connectivity index (χ1n) is 17.5. The molecule has 2 aromatic heterocycles. The number of aromatic amines is 2. The van der Waals surface area contributed by atoms with Crippen molar-refractivity contribution in [2.24, 2.45) is 0 Å². The summed E-state index contributed by atoms with van der Waals surface area (Å²) in [6, 6.07) is 15.1. The molecule has 17 heteroatoms. The molecule has 0 fully saturated rings. The predicted molar refractivity (Wildman–Crippen MR) is 203 cm³/mol. The molecule has 290 valence electrons. The van der Waals surface area contributed by atoms with E-state index in [0.717, 1.165) is 40.1 Å². The zero-order chi connectivity index (χ0) is 39.7. The molecule has 2 aromatic carbocycles. The van der Waals surface area contributed by atoms with Crippen LogP contribution in [0.2, 0.25) is 0 Å². The number of aromatic nitrogens is 4. The second-order valence-corrected chi connectivity index (χ2v) is 12.2. The standard InChI is InChI=1S/C38H46N10O7/c1-6-17-47(34(49)22-42-37(52)54-4)24-32-40-20-30(44-32)28-13-9-26(10-14-28)7-8-27-11-15-29(16-12-27)31-21-41-33(45-31)25-48(19-18-46(3)36(51)39-2)35(50)23-43-38(53)55-5/h9-16,20-21H,6,17-19,22-25H2,1-5H3,(H,39,51)(H,40,44)(H,41,45)(H,42,52)(H,43,53). The summed E-state index contributed by atoms with van der Waals surface area (Å²) in [6.45, 7) is 2.93. The molecule has 5 N–H and O–H groups in total. The van der Waals surface area contributed by atoms with Gasteiger partial charge in [-0.15, -0.1) is 0 Å². The minimum atomic E-state index is -0.723. The van der Waals surface area contributed by atoms with E-state index in [1.807, 2.05) is 55.5 Å². The zero-order valence-electron chi connectivity index (χ0n) is 31.5. The number of hydrogen-bond acceptors (Lipinski definition) is 9. The second kappa shape index (κ2) is 20.4. The molecule has 0 spiro atoms. The van der Waals surface area contributed by atoms with Gasteiger partial charge in [0, 0.05) is 44.9 Å². The van der Waals surface area contributed by atoms with Gasteiger partial charge in [0.25, 0.3) is 0 Å². The van der Waals surface area contributed by atoms with Crippen molar-refractivity contribution >= 4 is 30.0 Å². The summed E-state index contributed by atoms with van der Waals surface area (Å²) in [7, 11) is 5.60. The molecule has 0 aliphatic heterocycles. The number of nitrogens with zero attached hydrogens (tertiary/aromatic N) is 5. The summed E-state index contributed by atoms with van der Waals surface area (Å²) in [5.41, 5.74) is 4.97. The topological polar surface area (TPSA) is 207 Å². The Morgan fingerprint density at radius 2 is 1.13 bits per heavy atom. The van der Waals surface area contributed by atoms with Crippen LogP contribution in [0.25, 0.3) is 22.5 Å². The van der Waals surface area contributed by atoms with E-state index in [4.69, 9.17) is 0 Å². The van der Waals surface area contributed by atoms with E-state index in [-0.39, 0.29) is 57.1 Å². The number of likely N-dealkylation sites (N-methyl/N-ethyl adjacent to an activating group) is 1. The third-order valence-electron chi connectivity index (χ3n) is 8.28. The number of imidazole rings is 2. The van der Waals surface area contributed by atoms with Gasteiger partial charge in [-0.2, -0.15) is 0 Å². The highest BCUT2D eigenvalue weighted by Crippen LogP contribution is 2.20. The lowest BCUT2D eigenvalue weighted by Gasteiger charge is -2.25. The molecule has 4 rings (SSSR count). The lowest BCUT2D eigenvalue weighted by Crippen LogP contribution is -2.45. The number of amides is 6. The van der Waals surface area contributed by atoms with Crippen molar-refractivity contribution in [2.75, 3.05) is 61.0 Å². The number of urea groups is 1. The summed E-state index contributed by atoms with van der Waals surface area (Å²) in [5.74, 6) is 6.93. The minimum Gasteiger partial charge on any atom is -0.453 e. The Hall–Kier alpha value is -6.83. The van der Waals surface area contributed by atoms with Crippen molar-refractivity contribution < 1.29 is 33.4 Å². The minimum absolute atomic E-state index is 0.128. The summed E-state index contributed by atoms with van der Waals surface area (Å²) < 4.78 is 9.10. The number of hydrogen-bond donors (Lipinski definition) is 5. The van der Waals surface area contributed by atoms with Gasteiger partial charge in [-0.25, -0.2) is 24.4 Å². The van der Waals surface area contributed by atoms with E-state index < -0.39 is 12.2 Å². The molecule has 0 atom stereocenters.